The van der Waals surface area contributed by atoms with Crippen molar-refractivity contribution in [2.24, 2.45) is 0 Å². The van der Waals surface area contributed by atoms with E-state index < -0.39 is 0 Å². The minimum Gasteiger partial charge on any atom is -0.497 e. The summed E-state index contributed by atoms with van der Waals surface area (Å²) >= 11 is 3.48. The Hall–Kier alpha value is -3.25. The van der Waals surface area contributed by atoms with E-state index >= 15 is 0 Å². The molecule has 1 heterocycles. The molecule has 0 saturated heterocycles. The van der Waals surface area contributed by atoms with Crippen LogP contribution in [0.3, 0.4) is 0 Å². The normalized spacial score (nSPS) is 15.7. The van der Waals surface area contributed by atoms with Crippen LogP contribution < -0.4 is 19.7 Å². The quantitative estimate of drug-likeness (QED) is 0.519. The second-order valence-corrected chi connectivity index (χ2v) is 7.72. The molecule has 0 aliphatic carbocycles. The van der Waals surface area contributed by atoms with E-state index in [1.165, 1.54) is 0 Å². The molecule has 1 atom stereocenters. The van der Waals surface area contributed by atoms with Crippen LogP contribution in [0.1, 0.15) is 11.6 Å². The third-order valence-corrected chi connectivity index (χ3v) is 5.51. The van der Waals surface area contributed by atoms with Crippen molar-refractivity contribution < 1.29 is 14.3 Å². The van der Waals surface area contributed by atoms with Crippen LogP contribution in [0, 0.1) is 0 Å². The number of anilines is 2. The Morgan fingerprint density at radius 3 is 1.97 bits per heavy atom. The molecule has 3 aromatic rings. The first-order chi connectivity index (χ1) is 14.6. The fourth-order valence-corrected chi connectivity index (χ4v) is 3.68. The summed E-state index contributed by atoms with van der Waals surface area (Å²) in [4.78, 5) is 15.2. The SMILES string of the molecule is COc1ccc(NC2=C[C@H](c3ccc(Br)cc3)N(c3ccc(OC)cc3)C2=O)cc1. The van der Waals surface area contributed by atoms with Gasteiger partial charge in [0.25, 0.3) is 5.91 Å². The summed E-state index contributed by atoms with van der Waals surface area (Å²) in [6, 6.07) is 22.8. The fourth-order valence-electron chi connectivity index (χ4n) is 3.41. The Labute approximate surface area is 184 Å². The molecule has 1 N–H and O–H groups in total. The van der Waals surface area contributed by atoms with Gasteiger partial charge in [-0.05, 0) is 72.3 Å². The Bertz CT molecular complexity index is 1060. The highest BCUT2D eigenvalue weighted by Gasteiger charge is 2.34. The standard InChI is InChI=1S/C24H21BrN2O3/c1-29-20-11-7-18(8-12-20)26-22-15-23(16-3-5-17(25)6-4-16)27(24(22)28)19-9-13-21(30-2)14-10-19/h3-15,23,26H,1-2H3/t23-/m1/s1. The average molecular weight is 465 g/mol. The van der Waals surface area contributed by atoms with Crippen LogP contribution in [-0.4, -0.2) is 20.1 Å². The van der Waals surface area contributed by atoms with Gasteiger partial charge in [-0.15, -0.1) is 0 Å². The molecule has 6 heteroatoms. The number of carbonyl (C=O) groups excluding carboxylic acids is 1. The summed E-state index contributed by atoms with van der Waals surface area (Å²) < 4.78 is 11.5. The summed E-state index contributed by atoms with van der Waals surface area (Å²) in [5.41, 5.74) is 3.18. The van der Waals surface area contributed by atoms with Gasteiger partial charge < -0.3 is 14.8 Å². The van der Waals surface area contributed by atoms with Crippen molar-refractivity contribution in [1.82, 2.24) is 0 Å². The number of carbonyl (C=O) groups is 1. The van der Waals surface area contributed by atoms with E-state index in [9.17, 15) is 4.79 Å². The molecule has 0 fully saturated rings. The monoisotopic (exact) mass is 464 g/mol. The highest BCUT2D eigenvalue weighted by molar-refractivity contribution is 9.10. The van der Waals surface area contributed by atoms with Crippen molar-refractivity contribution in [3.05, 3.63) is 94.6 Å². The average Bonchev–Trinajstić information content (AvgIpc) is 3.10. The minimum atomic E-state index is -0.222. The van der Waals surface area contributed by atoms with E-state index in [-0.39, 0.29) is 11.9 Å². The highest BCUT2D eigenvalue weighted by atomic mass is 79.9. The lowest BCUT2D eigenvalue weighted by molar-refractivity contribution is -0.114. The Kier molecular flexibility index (Phi) is 5.77. The number of rotatable bonds is 6. The molecule has 4 rings (SSSR count). The highest BCUT2D eigenvalue weighted by Crippen LogP contribution is 2.37. The lowest BCUT2D eigenvalue weighted by atomic mass is 10.1. The van der Waals surface area contributed by atoms with E-state index in [1.807, 2.05) is 78.9 Å². The van der Waals surface area contributed by atoms with Crippen LogP contribution in [-0.2, 0) is 4.79 Å². The van der Waals surface area contributed by atoms with Gasteiger partial charge in [-0.1, -0.05) is 28.1 Å². The minimum absolute atomic E-state index is 0.0936. The van der Waals surface area contributed by atoms with Crippen LogP contribution in [0.25, 0.3) is 0 Å². The molecule has 1 aliphatic heterocycles. The smallest absolute Gasteiger partial charge is 0.275 e. The summed E-state index contributed by atoms with van der Waals surface area (Å²) in [6.45, 7) is 0. The third kappa shape index (κ3) is 4.04. The maximum Gasteiger partial charge on any atom is 0.275 e. The van der Waals surface area contributed by atoms with Gasteiger partial charge in [0.05, 0.1) is 20.3 Å². The zero-order valence-electron chi connectivity index (χ0n) is 16.6. The third-order valence-electron chi connectivity index (χ3n) is 4.98. The summed E-state index contributed by atoms with van der Waals surface area (Å²) in [5, 5.41) is 3.26. The molecule has 5 nitrogen and oxygen atoms in total. The Morgan fingerprint density at radius 1 is 0.833 bits per heavy atom. The second kappa shape index (κ2) is 8.63. The molecule has 0 bridgehead atoms. The Balaban J connectivity index is 1.68. The van der Waals surface area contributed by atoms with E-state index in [1.54, 1.807) is 19.1 Å². The molecule has 152 valence electrons. The van der Waals surface area contributed by atoms with E-state index in [0.29, 0.717) is 5.70 Å². The lowest BCUT2D eigenvalue weighted by Crippen LogP contribution is -2.30. The van der Waals surface area contributed by atoms with Gasteiger partial charge in [0, 0.05) is 15.8 Å². The van der Waals surface area contributed by atoms with Crippen molar-refractivity contribution in [2.75, 3.05) is 24.4 Å². The predicted octanol–water partition coefficient (Wildman–Crippen LogP) is 5.55. The number of amides is 1. The second-order valence-electron chi connectivity index (χ2n) is 6.80. The van der Waals surface area contributed by atoms with Gasteiger partial charge in [-0.25, -0.2) is 0 Å². The molecule has 0 radical (unpaired) electrons. The maximum absolute atomic E-state index is 13.4. The van der Waals surface area contributed by atoms with Crippen molar-refractivity contribution in [1.29, 1.82) is 0 Å². The topological polar surface area (TPSA) is 50.8 Å². The number of hydrogen-bond donors (Lipinski definition) is 1. The van der Waals surface area contributed by atoms with Gasteiger partial charge in [-0.2, -0.15) is 0 Å². The zero-order valence-corrected chi connectivity index (χ0v) is 18.2. The fraction of sp³-hybridized carbons (Fsp3) is 0.125. The largest absolute Gasteiger partial charge is 0.497 e. The summed E-state index contributed by atoms with van der Waals surface area (Å²) in [7, 11) is 3.25. The number of methoxy groups -OCH3 is 2. The van der Waals surface area contributed by atoms with Crippen molar-refractivity contribution in [3.8, 4) is 11.5 Å². The molecule has 1 aliphatic rings. The van der Waals surface area contributed by atoms with Gasteiger partial charge in [-0.3, -0.25) is 9.69 Å². The molecule has 3 aromatic carbocycles. The maximum atomic E-state index is 13.4. The molecular formula is C24H21BrN2O3. The van der Waals surface area contributed by atoms with Gasteiger partial charge in [0.15, 0.2) is 0 Å². The summed E-state index contributed by atoms with van der Waals surface area (Å²) in [5.74, 6) is 1.42. The van der Waals surface area contributed by atoms with Crippen LogP contribution in [0.15, 0.2) is 89.0 Å². The molecule has 1 amide bonds. The first kappa shape index (κ1) is 20.0. The van der Waals surface area contributed by atoms with Crippen molar-refractivity contribution in [2.45, 2.75) is 6.04 Å². The predicted molar refractivity (Wildman–Crippen MR) is 122 cm³/mol. The number of hydrogen-bond acceptors (Lipinski definition) is 4. The van der Waals surface area contributed by atoms with Crippen LogP contribution in [0.2, 0.25) is 0 Å². The molecule has 0 spiro atoms. The first-order valence-corrected chi connectivity index (χ1v) is 10.2. The Morgan fingerprint density at radius 2 is 1.40 bits per heavy atom. The van der Waals surface area contributed by atoms with Crippen LogP contribution in [0.5, 0.6) is 11.5 Å². The number of nitrogens with zero attached hydrogens (tertiary/aromatic N) is 1. The molecule has 0 aromatic heterocycles. The van der Waals surface area contributed by atoms with Crippen molar-refractivity contribution >= 4 is 33.2 Å². The first-order valence-electron chi connectivity index (χ1n) is 9.45. The van der Waals surface area contributed by atoms with Crippen molar-refractivity contribution in [3.63, 3.8) is 0 Å². The molecule has 30 heavy (non-hydrogen) atoms. The molecule has 0 unspecified atom stereocenters. The lowest BCUT2D eigenvalue weighted by Gasteiger charge is -2.25. The van der Waals surface area contributed by atoms with Crippen LogP contribution in [0.4, 0.5) is 11.4 Å². The van der Waals surface area contributed by atoms with E-state index in [2.05, 4.69) is 21.2 Å². The van der Waals surface area contributed by atoms with E-state index in [0.717, 1.165) is 32.9 Å². The van der Waals surface area contributed by atoms with Gasteiger partial charge in [0.2, 0.25) is 0 Å². The summed E-state index contributed by atoms with van der Waals surface area (Å²) in [6.07, 6.45) is 1.96. The molecular weight excluding hydrogens is 444 g/mol. The zero-order chi connectivity index (χ0) is 21.1. The number of nitrogens with one attached hydrogen (secondary N) is 1. The number of ether oxygens (including phenoxy) is 2. The number of benzene rings is 3. The van der Waals surface area contributed by atoms with E-state index in [4.69, 9.17) is 9.47 Å². The number of halogens is 1. The van der Waals surface area contributed by atoms with Gasteiger partial charge >= 0.3 is 0 Å². The van der Waals surface area contributed by atoms with Crippen LogP contribution >= 0.6 is 15.9 Å². The van der Waals surface area contributed by atoms with Gasteiger partial charge in [0.1, 0.15) is 17.2 Å². The molecule has 0 saturated carbocycles.